The zero-order chi connectivity index (χ0) is 28.1. The number of hydrogen-bond donors (Lipinski definition) is 2. The molecule has 4 atom stereocenters. The Bertz CT molecular complexity index is 939. The van der Waals surface area contributed by atoms with Gasteiger partial charge < -0.3 is 24.4 Å². The number of Topliss-reactive ketones (excluding diaryl/α,β-unsaturated/α-hetero) is 1. The Balaban J connectivity index is 1.70. The predicted molar refractivity (Wildman–Crippen MR) is 146 cm³/mol. The van der Waals surface area contributed by atoms with Crippen molar-refractivity contribution >= 4 is 29.5 Å². The number of thioether (sulfide) groups is 1. The Morgan fingerprint density at radius 3 is 2.63 bits per heavy atom. The second-order valence-corrected chi connectivity index (χ2v) is 11.9. The van der Waals surface area contributed by atoms with E-state index in [-0.39, 0.29) is 37.3 Å². The highest BCUT2D eigenvalue weighted by Crippen LogP contribution is 2.34. The molecule has 0 radical (unpaired) electrons. The van der Waals surface area contributed by atoms with Gasteiger partial charge in [-0.15, -0.1) is 0 Å². The van der Waals surface area contributed by atoms with Gasteiger partial charge in [-0.1, -0.05) is 36.4 Å². The lowest BCUT2D eigenvalue weighted by Gasteiger charge is -2.18. The third-order valence-electron chi connectivity index (χ3n) is 6.30. The predicted octanol–water partition coefficient (Wildman–Crippen LogP) is 3.85. The molecule has 1 aromatic carbocycles. The van der Waals surface area contributed by atoms with Gasteiger partial charge in [0.2, 0.25) is 6.79 Å². The summed E-state index contributed by atoms with van der Waals surface area (Å²) in [4.78, 5) is 35.9. The molecule has 1 aliphatic carbocycles. The molecule has 0 unspecified atom stereocenters. The van der Waals surface area contributed by atoms with E-state index in [1.54, 1.807) is 51.8 Å². The second-order valence-electron chi connectivity index (χ2n) is 10.7. The highest BCUT2D eigenvalue weighted by Gasteiger charge is 2.39. The summed E-state index contributed by atoms with van der Waals surface area (Å²) in [6, 6.07) is 7.85. The molecule has 0 aliphatic heterocycles. The van der Waals surface area contributed by atoms with Crippen LogP contribution >= 0.6 is 11.8 Å². The van der Waals surface area contributed by atoms with Crippen LogP contribution in [0.5, 0.6) is 0 Å². The molecule has 2 rings (SSSR count). The fraction of sp³-hybridized carbons (Fsp3) is 0.621. The minimum Gasteiger partial charge on any atom is -0.428 e. The summed E-state index contributed by atoms with van der Waals surface area (Å²) in [6.45, 7) is 5.30. The number of rotatable bonds is 15. The van der Waals surface area contributed by atoms with Gasteiger partial charge in [0.25, 0.3) is 0 Å². The summed E-state index contributed by atoms with van der Waals surface area (Å²) < 4.78 is 15.0. The SMILES string of the molecule is COCc1cccc(C[C@H](O)C=C[C@H]2[C@H](O)CC(=O)[C@@H]2CCSCCCC(=O)OCOC(=O)C(C)(C)C)c1. The van der Waals surface area contributed by atoms with Crippen molar-refractivity contribution in [3.8, 4) is 0 Å². The molecular formula is C29H42O8S. The van der Waals surface area contributed by atoms with E-state index in [9.17, 15) is 24.6 Å². The average Bonchev–Trinajstić information content (AvgIpc) is 3.11. The van der Waals surface area contributed by atoms with Crippen LogP contribution in [0.3, 0.4) is 0 Å². The van der Waals surface area contributed by atoms with E-state index < -0.39 is 29.6 Å². The van der Waals surface area contributed by atoms with Crippen molar-refractivity contribution in [2.45, 2.75) is 71.7 Å². The van der Waals surface area contributed by atoms with Gasteiger partial charge >= 0.3 is 11.9 Å². The van der Waals surface area contributed by atoms with E-state index in [2.05, 4.69) is 0 Å². The van der Waals surface area contributed by atoms with Crippen LogP contribution in [0.1, 0.15) is 57.6 Å². The van der Waals surface area contributed by atoms with Crippen molar-refractivity contribution in [1.82, 2.24) is 0 Å². The molecule has 0 heterocycles. The summed E-state index contributed by atoms with van der Waals surface area (Å²) in [5, 5.41) is 20.9. The van der Waals surface area contributed by atoms with Gasteiger partial charge in [-0.2, -0.15) is 11.8 Å². The second kappa shape index (κ2) is 16.0. The van der Waals surface area contributed by atoms with Crippen LogP contribution in [0.15, 0.2) is 36.4 Å². The average molecular weight is 551 g/mol. The number of ether oxygens (including phenoxy) is 3. The topological polar surface area (TPSA) is 119 Å². The summed E-state index contributed by atoms with van der Waals surface area (Å²) in [5.74, 6) is 0.0421. The van der Waals surface area contributed by atoms with E-state index >= 15 is 0 Å². The van der Waals surface area contributed by atoms with Crippen LogP contribution in [0.25, 0.3) is 0 Å². The molecule has 0 spiro atoms. The van der Waals surface area contributed by atoms with Crippen LogP contribution in [-0.4, -0.2) is 65.6 Å². The molecule has 2 N–H and O–H groups in total. The van der Waals surface area contributed by atoms with Crippen LogP contribution in [0.2, 0.25) is 0 Å². The number of aliphatic hydroxyl groups excluding tert-OH is 2. The molecule has 9 heteroatoms. The van der Waals surface area contributed by atoms with E-state index in [0.717, 1.165) is 22.6 Å². The molecule has 0 saturated heterocycles. The lowest BCUT2D eigenvalue weighted by Crippen LogP contribution is -2.24. The summed E-state index contributed by atoms with van der Waals surface area (Å²) in [7, 11) is 1.64. The van der Waals surface area contributed by atoms with Crippen LogP contribution < -0.4 is 0 Å². The van der Waals surface area contributed by atoms with E-state index in [1.165, 1.54) is 0 Å². The Hall–Kier alpha value is -2.20. The van der Waals surface area contributed by atoms with Gasteiger partial charge in [0.05, 0.1) is 24.2 Å². The van der Waals surface area contributed by atoms with Gasteiger partial charge in [0.1, 0.15) is 5.78 Å². The Morgan fingerprint density at radius 2 is 1.92 bits per heavy atom. The number of carbonyl (C=O) groups is 3. The molecule has 212 valence electrons. The number of methoxy groups -OCH3 is 1. The summed E-state index contributed by atoms with van der Waals surface area (Å²) >= 11 is 1.64. The standard InChI is InChI=1S/C29H42O8S/c1-29(2,3)28(34)37-19-36-27(33)9-6-13-38-14-12-24-23(25(31)17-26(24)32)11-10-22(30)16-20-7-5-8-21(15-20)18-35-4/h5,7-8,10-11,15,22-25,30-31H,6,9,12-14,16-19H2,1-4H3/t22-,23-,24-,25-/m1/s1. The molecular weight excluding hydrogens is 508 g/mol. The Morgan fingerprint density at radius 1 is 1.18 bits per heavy atom. The quantitative estimate of drug-likeness (QED) is 0.145. The molecule has 1 aliphatic rings. The van der Waals surface area contributed by atoms with Gasteiger partial charge in [-0.05, 0) is 56.2 Å². The number of hydrogen-bond acceptors (Lipinski definition) is 9. The van der Waals surface area contributed by atoms with Crippen molar-refractivity contribution in [1.29, 1.82) is 0 Å². The van der Waals surface area contributed by atoms with Crippen molar-refractivity contribution in [2.75, 3.05) is 25.4 Å². The Labute approximate surface area is 230 Å². The van der Waals surface area contributed by atoms with Crippen LogP contribution in [0, 0.1) is 17.3 Å². The third kappa shape index (κ3) is 11.3. The molecule has 38 heavy (non-hydrogen) atoms. The first kappa shape index (κ1) is 32.0. The highest BCUT2D eigenvalue weighted by atomic mass is 32.2. The largest absolute Gasteiger partial charge is 0.428 e. The monoisotopic (exact) mass is 550 g/mol. The molecule has 1 saturated carbocycles. The molecule has 0 bridgehead atoms. The molecule has 8 nitrogen and oxygen atoms in total. The van der Waals surface area contributed by atoms with Crippen molar-refractivity contribution in [3.63, 3.8) is 0 Å². The number of benzene rings is 1. The van der Waals surface area contributed by atoms with Crippen molar-refractivity contribution < 1.29 is 38.8 Å². The molecule has 1 aromatic rings. The normalized spacial score (nSPS) is 20.6. The molecule has 1 fully saturated rings. The first-order valence-electron chi connectivity index (χ1n) is 13.1. The van der Waals surface area contributed by atoms with Crippen LogP contribution in [0.4, 0.5) is 0 Å². The number of carbonyl (C=O) groups excluding carboxylic acids is 3. The number of ketones is 1. The van der Waals surface area contributed by atoms with E-state index in [1.807, 2.05) is 24.3 Å². The zero-order valence-electron chi connectivity index (χ0n) is 22.9. The fourth-order valence-corrected chi connectivity index (χ4v) is 5.21. The van der Waals surface area contributed by atoms with Crippen molar-refractivity contribution in [3.05, 3.63) is 47.5 Å². The zero-order valence-corrected chi connectivity index (χ0v) is 23.7. The smallest absolute Gasteiger partial charge is 0.314 e. The highest BCUT2D eigenvalue weighted by molar-refractivity contribution is 7.99. The van der Waals surface area contributed by atoms with Crippen LogP contribution in [-0.2, 0) is 41.6 Å². The third-order valence-corrected chi connectivity index (χ3v) is 7.40. The van der Waals surface area contributed by atoms with Crippen molar-refractivity contribution in [2.24, 2.45) is 17.3 Å². The van der Waals surface area contributed by atoms with Gasteiger partial charge in [0, 0.05) is 38.2 Å². The maximum Gasteiger partial charge on any atom is 0.314 e. The van der Waals surface area contributed by atoms with E-state index in [4.69, 9.17) is 14.2 Å². The van der Waals surface area contributed by atoms with Gasteiger partial charge in [-0.3, -0.25) is 14.4 Å². The maximum absolute atomic E-state index is 12.5. The van der Waals surface area contributed by atoms with E-state index in [0.29, 0.717) is 25.9 Å². The molecule has 0 aromatic heterocycles. The van der Waals surface area contributed by atoms with Gasteiger partial charge in [0.15, 0.2) is 0 Å². The minimum atomic E-state index is -0.742. The minimum absolute atomic E-state index is 0.0443. The fourth-order valence-electron chi connectivity index (χ4n) is 4.24. The number of esters is 2. The lowest BCUT2D eigenvalue weighted by atomic mass is 9.91. The van der Waals surface area contributed by atoms with Gasteiger partial charge in [-0.25, -0.2) is 0 Å². The lowest BCUT2D eigenvalue weighted by molar-refractivity contribution is -0.173. The first-order chi connectivity index (χ1) is 18.0. The first-order valence-corrected chi connectivity index (χ1v) is 14.2. The molecule has 0 amide bonds. The summed E-state index contributed by atoms with van der Waals surface area (Å²) in [6.07, 6.45) is 4.03. The number of aliphatic hydroxyl groups is 2. The Kier molecular flexibility index (Phi) is 13.5. The summed E-state index contributed by atoms with van der Waals surface area (Å²) in [5.41, 5.74) is 1.38. The maximum atomic E-state index is 12.5.